The third-order valence-electron chi connectivity index (χ3n) is 6.59. The molecule has 0 radical (unpaired) electrons. The molecular weight excluding hydrogens is 452 g/mol. The number of nitrogens with zero attached hydrogens (tertiary/aromatic N) is 2. The molecule has 1 fully saturated rings. The maximum atomic E-state index is 14.2. The van der Waals surface area contributed by atoms with Crippen molar-refractivity contribution in [2.45, 2.75) is 18.9 Å². The number of para-hydroxylation sites is 1. The number of ether oxygens (including phenoxy) is 3. The van der Waals surface area contributed by atoms with Crippen molar-refractivity contribution in [2.24, 2.45) is 0 Å². The lowest BCUT2D eigenvalue weighted by atomic mass is 9.82. The molecule has 3 aliphatic rings. The number of anilines is 1. The van der Waals surface area contributed by atoms with E-state index in [-0.39, 0.29) is 24.3 Å². The molecule has 3 heterocycles. The topological polar surface area (TPSA) is 106 Å². The normalized spacial score (nSPS) is 22.3. The molecule has 0 saturated carbocycles. The Morgan fingerprint density at radius 2 is 1.80 bits per heavy atom. The van der Waals surface area contributed by atoms with E-state index in [9.17, 15) is 19.5 Å². The molecule has 5 rings (SSSR count). The molecule has 1 N–H and O–H groups in total. The number of hydrogen-bond acceptors (Lipinski definition) is 7. The molecule has 1 saturated heterocycles. The number of Topliss-reactive ketones (excluding diaryl/α,β-unsaturated/α-hetero) is 1. The van der Waals surface area contributed by atoms with Gasteiger partial charge in [0.15, 0.2) is 17.0 Å². The van der Waals surface area contributed by atoms with Gasteiger partial charge in [0.2, 0.25) is 0 Å². The molecule has 2 aromatic rings. The zero-order valence-electron chi connectivity index (χ0n) is 19.6. The van der Waals surface area contributed by atoms with Crippen LogP contribution in [0.3, 0.4) is 0 Å². The first-order valence-corrected chi connectivity index (χ1v) is 11.6. The average molecular weight is 479 g/mol. The van der Waals surface area contributed by atoms with Crippen molar-refractivity contribution in [1.82, 2.24) is 4.90 Å². The number of carbonyl (C=O) groups excluding carboxylic acids is 3. The fourth-order valence-electron chi connectivity index (χ4n) is 5.13. The second-order valence-corrected chi connectivity index (χ2v) is 8.55. The number of aliphatic hydroxyl groups is 1. The van der Waals surface area contributed by atoms with Gasteiger partial charge in [0, 0.05) is 31.3 Å². The van der Waals surface area contributed by atoms with Crippen molar-refractivity contribution in [1.29, 1.82) is 0 Å². The van der Waals surface area contributed by atoms with Gasteiger partial charge in [-0.15, -0.1) is 0 Å². The van der Waals surface area contributed by atoms with Crippen LogP contribution in [0.15, 0.2) is 48.0 Å². The highest BCUT2D eigenvalue weighted by Crippen LogP contribution is 2.53. The smallest absolute Gasteiger partial charge is 0.296 e. The van der Waals surface area contributed by atoms with Gasteiger partial charge in [0.1, 0.15) is 19.0 Å². The lowest BCUT2D eigenvalue weighted by Gasteiger charge is -2.34. The van der Waals surface area contributed by atoms with Crippen LogP contribution >= 0.6 is 0 Å². The van der Waals surface area contributed by atoms with Gasteiger partial charge in [-0.1, -0.05) is 25.1 Å². The first-order valence-electron chi connectivity index (χ1n) is 11.6. The molecule has 9 nitrogen and oxygen atoms in total. The van der Waals surface area contributed by atoms with Crippen molar-refractivity contribution >= 4 is 29.0 Å². The molecule has 9 heteroatoms. The van der Waals surface area contributed by atoms with Crippen molar-refractivity contribution in [3.8, 4) is 11.5 Å². The van der Waals surface area contributed by atoms with Crippen molar-refractivity contribution in [3.05, 3.63) is 59.2 Å². The highest BCUT2D eigenvalue weighted by atomic mass is 16.6. The molecular formula is C26H26N2O7. The Hall–Kier alpha value is -3.85. The maximum absolute atomic E-state index is 14.2. The first kappa shape index (κ1) is 22.9. The molecule has 1 atom stereocenters. The molecule has 3 aliphatic heterocycles. The number of ketones is 1. The van der Waals surface area contributed by atoms with Gasteiger partial charge in [0.05, 0.1) is 17.9 Å². The van der Waals surface area contributed by atoms with Crippen LogP contribution in [0, 0.1) is 0 Å². The maximum Gasteiger partial charge on any atom is 0.296 e. The summed E-state index contributed by atoms with van der Waals surface area (Å²) >= 11 is 0. The Kier molecular flexibility index (Phi) is 5.72. The summed E-state index contributed by atoms with van der Waals surface area (Å²) in [6.45, 7) is 3.20. The van der Waals surface area contributed by atoms with Crippen LogP contribution in [-0.4, -0.2) is 67.6 Å². The Morgan fingerprint density at radius 1 is 1.06 bits per heavy atom. The summed E-state index contributed by atoms with van der Waals surface area (Å²) in [5.74, 6) is -1.75. The number of aliphatic hydroxyl groups excluding tert-OH is 1. The number of likely N-dealkylation sites (tertiary alicyclic amines) is 1. The molecule has 2 amide bonds. The summed E-state index contributed by atoms with van der Waals surface area (Å²) in [5.41, 5.74) is -0.719. The first-order chi connectivity index (χ1) is 17.0. The zero-order valence-corrected chi connectivity index (χ0v) is 19.6. The molecule has 0 bridgehead atoms. The Morgan fingerprint density at radius 3 is 2.54 bits per heavy atom. The molecule has 1 spiro atoms. The van der Waals surface area contributed by atoms with E-state index in [1.54, 1.807) is 47.4 Å². The number of hydrogen-bond donors (Lipinski definition) is 1. The molecule has 0 aromatic heterocycles. The fraction of sp³-hybridized carbons (Fsp3) is 0.346. The molecule has 2 aromatic carbocycles. The summed E-state index contributed by atoms with van der Waals surface area (Å²) in [6.07, 6.45) is 0.670. The van der Waals surface area contributed by atoms with E-state index in [0.29, 0.717) is 48.9 Å². The monoisotopic (exact) mass is 478 g/mol. The largest absolute Gasteiger partial charge is 0.507 e. The number of benzene rings is 2. The van der Waals surface area contributed by atoms with E-state index in [1.807, 2.05) is 6.92 Å². The number of methoxy groups -OCH3 is 1. The summed E-state index contributed by atoms with van der Waals surface area (Å²) in [6, 6.07) is 11.8. The standard InChI is InChI=1S/C26H26N2O7/c1-3-10-27-18-7-5-4-6-17(18)26(25(27)32)21(23(30)24(31)28(26)11-12-33-2)22(29)16-8-9-19-20(15-16)35-14-13-34-19/h4-9,15,29H,3,10-14H2,1-2H3/b22-21-. The fourth-order valence-corrected chi connectivity index (χ4v) is 5.13. The Bertz CT molecular complexity index is 1250. The summed E-state index contributed by atoms with van der Waals surface area (Å²) < 4.78 is 16.4. The zero-order chi connectivity index (χ0) is 24.7. The van der Waals surface area contributed by atoms with E-state index < -0.39 is 28.9 Å². The highest BCUT2D eigenvalue weighted by Gasteiger charge is 2.66. The molecule has 1 unspecified atom stereocenters. The summed E-state index contributed by atoms with van der Waals surface area (Å²) in [4.78, 5) is 43.8. The van der Waals surface area contributed by atoms with Gasteiger partial charge in [-0.2, -0.15) is 0 Å². The van der Waals surface area contributed by atoms with E-state index >= 15 is 0 Å². The minimum atomic E-state index is -1.80. The van der Waals surface area contributed by atoms with E-state index in [2.05, 4.69) is 0 Å². The van der Waals surface area contributed by atoms with Gasteiger partial charge in [-0.25, -0.2) is 0 Å². The van der Waals surface area contributed by atoms with E-state index in [1.165, 1.54) is 12.0 Å². The van der Waals surface area contributed by atoms with Crippen LogP contribution in [0.25, 0.3) is 5.76 Å². The third kappa shape index (κ3) is 3.22. The van der Waals surface area contributed by atoms with Crippen LogP contribution in [-0.2, 0) is 24.7 Å². The predicted octanol–water partition coefficient (Wildman–Crippen LogP) is 2.44. The molecule has 182 valence electrons. The quantitative estimate of drug-likeness (QED) is 0.386. The Labute approximate surface area is 202 Å². The van der Waals surface area contributed by atoms with Crippen molar-refractivity contribution in [3.63, 3.8) is 0 Å². The summed E-state index contributed by atoms with van der Waals surface area (Å²) in [7, 11) is 1.48. The van der Waals surface area contributed by atoms with Gasteiger partial charge >= 0.3 is 0 Å². The lowest BCUT2D eigenvalue weighted by Crippen LogP contribution is -2.52. The molecule has 0 aliphatic carbocycles. The highest BCUT2D eigenvalue weighted by molar-refractivity contribution is 6.50. The van der Waals surface area contributed by atoms with Crippen LogP contribution in [0.1, 0.15) is 24.5 Å². The van der Waals surface area contributed by atoms with Crippen LogP contribution < -0.4 is 14.4 Å². The van der Waals surface area contributed by atoms with Crippen molar-refractivity contribution in [2.75, 3.05) is 44.9 Å². The van der Waals surface area contributed by atoms with Gasteiger partial charge < -0.3 is 29.1 Å². The molecule has 35 heavy (non-hydrogen) atoms. The number of rotatable bonds is 6. The number of fused-ring (bicyclic) bond motifs is 3. The number of amides is 2. The van der Waals surface area contributed by atoms with E-state index in [0.717, 1.165) is 0 Å². The predicted molar refractivity (Wildman–Crippen MR) is 126 cm³/mol. The van der Waals surface area contributed by atoms with Gasteiger partial charge in [-0.3, -0.25) is 14.4 Å². The van der Waals surface area contributed by atoms with Gasteiger partial charge in [0.25, 0.3) is 17.6 Å². The number of carbonyl (C=O) groups is 3. The van der Waals surface area contributed by atoms with Crippen LogP contribution in [0.2, 0.25) is 0 Å². The Balaban J connectivity index is 1.78. The van der Waals surface area contributed by atoms with Crippen molar-refractivity contribution < 1.29 is 33.7 Å². The summed E-state index contributed by atoms with van der Waals surface area (Å²) in [5, 5.41) is 11.5. The average Bonchev–Trinajstić information content (AvgIpc) is 3.25. The van der Waals surface area contributed by atoms with Gasteiger partial charge in [-0.05, 0) is 30.7 Å². The van der Waals surface area contributed by atoms with Crippen LogP contribution in [0.5, 0.6) is 11.5 Å². The minimum absolute atomic E-state index is 0.000961. The second-order valence-electron chi connectivity index (χ2n) is 8.55. The SMILES string of the molecule is CCCN1C(=O)C2(/C(=C(\O)c3ccc4c(c3)OCCO4)C(=O)C(=O)N2CCOC)c2ccccc21. The second kappa shape index (κ2) is 8.74. The lowest BCUT2D eigenvalue weighted by molar-refractivity contribution is -0.144. The van der Waals surface area contributed by atoms with E-state index in [4.69, 9.17) is 14.2 Å². The van der Waals surface area contributed by atoms with Crippen LogP contribution in [0.4, 0.5) is 5.69 Å². The minimum Gasteiger partial charge on any atom is -0.507 e. The third-order valence-corrected chi connectivity index (χ3v) is 6.59.